The third kappa shape index (κ3) is 3.33. The van der Waals surface area contributed by atoms with Crippen LogP contribution in [0.2, 0.25) is 0 Å². The number of piperidine rings is 1. The van der Waals surface area contributed by atoms with E-state index in [-0.39, 0.29) is 56.0 Å². The molecule has 0 aromatic heterocycles. The first-order valence-electron chi connectivity index (χ1n) is 8.34. The molecule has 26 heavy (non-hydrogen) atoms. The molecule has 1 aromatic rings. The van der Waals surface area contributed by atoms with Crippen molar-refractivity contribution in [3.05, 3.63) is 29.8 Å². The van der Waals surface area contributed by atoms with Crippen molar-refractivity contribution < 1.29 is 26.3 Å². The fourth-order valence-corrected chi connectivity index (χ4v) is 5.74. The van der Waals surface area contributed by atoms with Crippen molar-refractivity contribution in [2.45, 2.75) is 30.3 Å². The van der Waals surface area contributed by atoms with E-state index in [4.69, 9.17) is 4.74 Å². The van der Waals surface area contributed by atoms with Crippen molar-refractivity contribution in [2.75, 3.05) is 26.3 Å². The van der Waals surface area contributed by atoms with Gasteiger partial charge in [-0.2, -0.15) is 22.7 Å². The second-order valence-corrected chi connectivity index (χ2v) is 8.71. The van der Waals surface area contributed by atoms with E-state index < -0.39 is 27.5 Å². The minimum atomic E-state index is -4.38. The number of benzene rings is 1. The molecule has 1 aromatic carbocycles. The number of sulfonamides is 1. The van der Waals surface area contributed by atoms with Gasteiger partial charge in [0, 0.05) is 31.7 Å². The van der Waals surface area contributed by atoms with Crippen molar-refractivity contribution in [1.29, 1.82) is 5.26 Å². The van der Waals surface area contributed by atoms with Crippen LogP contribution in [0.15, 0.2) is 29.2 Å². The Kier molecular flexibility index (Phi) is 5.03. The number of alkyl halides is 3. The van der Waals surface area contributed by atoms with E-state index in [9.17, 15) is 26.9 Å². The van der Waals surface area contributed by atoms with Gasteiger partial charge in [-0.1, -0.05) is 12.1 Å². The second kappa shape index (κ2) is 6.83. The Labute approximate surface area is 150 Å². The van der Waals surface area contributed by atoms with Crippen LogP contribution in [0.4, 0.5) is 13.2 Å². The Hall–Kier alpha value is -1.63. The lowest BCUT2D eigenvalue weighted by molar-refractivity contribution is -0.231. The van der Waals surface area contributed by atoms with E-state index in [1.165, 1.54) is 18.2 Å². The van der Waals surface area contributed by atoms with Gasteiger partial charge < -0.3 is 4.74 Å². The molecular weight excluding hydrogens is 369 g/mol. The van der Waals surface area contributed by atoms with E-state index >= 15 is 0 Å². The minimum absolute atomic E-state index is 0.00790. The SMILES string of the molecule is N#Cc1ccccc1S(=O)(=O)N1CCC(C(F)(F)F)C2(CCOCC2)C1. The number of rotatable bonds is 2. The zero-order chi connectivity index (χ0) is 19.0. The van der Waals surface area contributed by atoms with Crippen LogP contribution in [0.5, 0.6) is 0 Å². The van der Waals surface area contributed by atoms with E-state index in [0.29, 0.717) is 0 Å². The lowest BCUT2D eigenvalue weighted by Gasteiger charge is -2.50. The van der Waals surface area contributed by atoms with Crippen LogP contribution in [0.25, 0.3) is 0 Å². The molecule has 2 saturated heterocycles. The average Bonchev–Trinajstić information content (AvgIpc) is 2.61. The summed E-state index contributed by atoms with van der Waals surface area (Å²) < 4.78 is 73.1. The number of hydrogen-bond donors (Lipinski definition) is 0. The fraction of sp³-hybridized carbons (Fsp3) is 0.588. The number of hydrogen-bond acceptors (Lipinski definition) is 4. The highest BCUT2D eigenvalue weighted by Gasteiger charge is 2.57. The van der Waals surface area contributed by atoms with Gasteiger partial charge in [0.2, 0.25) is 10.0 Å². The van der Waals surface area contributed by atoms with Gasteiger partial charge in [0.1, 0.15) is 6.07 Å². The zero-order valence-corrected chi connectivity index (χ0v) is 14.8. The molecule has 2 heterocycles. The van der Waals surface area contributed by atoms with Crippen molar-refractivity contribution >= 4 is 10.0 Å². The van der Waals surface area contributed by atoms with Crippen molar-refractivity contribution in [1.82, 2.24) is 4.31 Å². The molecular formula is C17H19F3N2O3S. The Morgan fingerprint density at radius 1 is 1.23 bits per heavy atom. The highest BCUT2D eigenvalue weighted by Crippen LogP contribution is 2.51. The molecule has 9 heteroatoms. The average molecular weight is 388 g/mol. The van der Waals surface area contributed by atoms with Crippen LogP contribution >= 0.6 is 0 Å². The molecule has 0 N–H and O–H groups in total. The fourth-order valence-electron chi connectivity index (χ4n) is 4.04. The molecule has 1 unspecified atom stereocenters. The van der Waals surface area contributed by atoms with Gasteiger partial charge in [-0.05, 0) is 31.4 Å². The van der Waals surface area contributed by atoms with Gasteiger partial charge >= 0.3 is 6.18 Å². The first kappa shape index (κ1) is 19.1. The predicted molar refractivity (Wildman–Crippen MR) is 86.6 cm³/mol. The van der Waals surface area contributed by atoms with Crippen LogP contribution in [0.1, 0.15) is 24.8 Å². The molecule has 2 fully saturated rings. The van der Waals surface area contributed by atoms with E-state index in [1.807, 2.05) is 6.07 Å². The smallest absolute Gasteiger partial charge is 0.381 e. The molecule has 0 bridgehead atoms. The molecule has 0 amide bonds. The monoisotopic (exact) mass is 388 g/mol. The van der Waals surface area contributed by atoms with E-state index in [0.717, 1.165) is 4.31 Å². The van der Waals surface area contributed by atoms with Gasteiger partial charge in [0.05, 0.1) is 16.4 Å². The van der Waals surface area contributed by atoms with E-state index in [1.54, 1.807) is 6.07 Å². The van der Waals surface area contributed by atoms with Crippen LogP contribution in [0, 0.1) is 22.7 Å². The predicted octanol–water partition coefficient (Wildman–Crippen LogP) is 2.93. The molecule has 1 atom stereocenters. The molecule has 0 saturated carbocycles. The molecule has 2 aliphatic rings. The summed E-state index contributed by atoms with van der Waals surface area (Å²) in [6.45, 7) is -0.0397. The van der Waals surface area contributed by atoms with Gasteiger partial charge in [-0.3, -0.25) is 0 Å². The third-order valence-corrected chi connectivity index (χ3v) is 7.31. The standard InChI is InChI=1S/C17H19F3N2O3S/c18-17(19,20)15-5-8-22(12-16(15)6-9-25-10-7-16)26(23,24)14-4-2-1-3-13(14)11-21/h1-4,15H,5-10,12H2. The lowest BCUT2D eigenvalue weighted by atomic mass is 9.66. The van der Waals surface area contributed by atoms with Crippen LogP contribution in [-0.2, 0) is 14.8 Å². The second-order valence-electron chi connectivity index (χ2n) is 6.80. The molecule has 0 aliphatic carbocycles. The van der Waals surface area contributed by atoms with Crippen LogP contribution in [-0.4, -0.2) is 45.2 Å². The first-order chi connectivity index (χ1) is 12.2. The van der Waals surface area contributed by atoms with Crippen LogP contribution in [0.3, 0.4) is 0 Å². The number of halogens is 3. The molecule has 2 aliphatic heterocycles. The highest BCUT2D eigenvalue weighted by molar-refractivity contribution is 7.89. The molecule has 3 rings (SSSR count). The summed E-state index contributed by atoms with van der Waals surface area (Å²) in [5.41, 5.74) is -1.19. The van der Waals surface area contributed by atoms with Gasteiger partial charge in [-0.15, -0.1) is 0 Å². The lowest BCUT2D eigenvalue weighted by Crippen LogP contribution is -2.56. The molecule has 1 spiro atoms. The zero-order valence-electron chi connectivity index (χ0n) is 14.0. The van der Waals surface area contributed by atoms with E-state index in [2.05, 4.69) is 0 Å². The quantitative estimate of drug-likeness (QED) is 0.781. The molecule has 5 nitrogen and oxygen atoms in total. The Morgan fingerprint density at radius 3 is 2.50 bits per heavy atom. The summed E-state index contributed by atoms with van der Waals surface area (Å²) in [5, 5.41) is 9.17. The summed E-state index contributed by atoms with van der Waals surface area (Å²) in [7, 11) is -4.05. The topological polar surface area (TPSA) is 70.4 Å². The summed E-state index contributed by atoms with van der Waals surface area (Å²) in [4.78, 5) is -0.157. The number of ether oxygens (including phenoxy) is 1. The van der Waals surface area contributed by atoms with Gasteiger partial charge in [0.15, 0.2) is 0 Å². The Morgan fingerprint density at radius 2 is 1.88 bits per heavy atom. The Balaban J connectivity index is 1.97. The molecule has 142 valence electrons. The third-order valence-electron chi connectivity index (χ3n) is 5.41. The Bertz CT molecular complexity index is 811. The first-order valence-corrected chi connectivity index (χ1v) is 9.78. The van der Waals surface area contributed by atoms with Crippen molar-refractivity contribution in [3.63, 3.8) is 0 Å². The maximum absolute atomic E-state index is 13.6. The molecule has 0 radical (unpaired) electrons. The van der Waals surface area contributed by atoms with Gasteiger partial charge in [-0.25, -0.2) is 8.42 Å². The van der Waals surface area contributed by atoms with Crippen molar-refractivity contribution in [3.8, 4) is 6.07 Å². The summed E-state index contributed by atoms with van der Waals surface area (Å²) >= 11 is 0. The minimum Gasteiger partial charge on any atom is -0.381 e. The number of nitriles is 1. The number of nitrogens with zero attached hydrogens (tertiary/aromatic N) is 2. The maximum atomic E-state index is 13.6. The summed E-state index contributed by atoms with van der Waals surface area (Å²) in [5.74, 6) is -1.54. The van der Waals surface area contributed by atoms with Gasteiger partial charge in [0.25, 0.3) is 0 Å². The van der Waals surface area contributed by atoms with Crippen LogP contribution < -0.4 is 0 Å². The van der Waals surface area contributed by atoms with Crippen molar-refractivity contribution in [2.24, 2.45) is 11.3 Å². The largest absolute Gasteiger partial charge is 0.392 e. The maximum Gasteiger partial charge on any atom is 0.392 e. The summed E-state index contributed by atoms with van der Waals surface area (Å²) in [6, 6.07) is 7.60. The highest BCUT2D eigenvalue weighted by atomic mass is 32.2. The summed E-state index contributed by atoms with van der Waals surface area (Å²) in [6.07, 6.45) is -4.32. The normalized spacial score (nSPS) is 24.3.